The molecule has 2 bridgehead atoms. The predicted octanol–water partition coefficient (Wildman–Crippen LogP) is 2.00. The molecule has 0 aromatic rings. The Morgan fingerprint density at radius 1 is 1.38 bits per heavy atom. The van der Waals surface area contributed by atoms with Crippen molar-refractivity contribution in [2.45, 2.75) is 70.1 Å². The van der Waals surface area contributed by atoms with Crippen molar-refractivity contribution in [1.29, 1.82) is 0 Å². The molecule has 2 saturated heterocycles. The van der Waals surface area contributed by atoms with Crippen LogP contribution in [0.5, 0.6) is 0 Å². The van der Waals surface area contributed by atoms with Gasteiger partial charge in [0, 0.05) is 18.1 Å². The third kappa shape index (κ3) is 2.42. The molecule has 2 heteroatoms. The second-order valence-electron chi connectivity index (χ2n) is 5.34. The molecule has 0 aliphatic carbocycles. The molecule has 0 spiro atoms. The summed E-state index contributed by atoms with van der Waals surface area (Å²) in [6.07, 6.45) is 12.1. The van der Waals surface area contributed by atoms with Crippen molar-refractivity contribution in [2.75, 3.05) is 6.54 Å². The predicted molar refractivity (Wildman–Crippen MR) is 68.3 cm³/mol. The lowest BCUT2D eigenvalue weighted by Crippen LogP contribution is -2.50. The van der Waals surface area contributed by atoms with E-state index in [1.807, 2.05) is 0 Å². The van der Waals surface area contributed by atoms with Gasteiger partial charge in [0.15, 0.2) is 0 Å². The van der Waals surface area contributed by atoms with Crippen LogP contribution in [0, 0.1) is 12.3 Å². The summed E-state index contributed by atoms with van der Waals surface area (Å²) in [5.74, 6) is 2.90. The molecule has 2 heterocycles. The molecule has 2 aliphatic heterocycles. The highest BCUT2D eigenvalue weighted by Gasteiger charge is 2.36. The van der Waals surface area contributed by atoms with Gasteiger partial charge in [0.25, 0.3) is 0 Å². The van der Waals surface area contributed by atoms with Crippen LogP contribution >= 0.6 is 0 Å². The van der Waals surface area contributed by atoms with E-state index >= 15 is 0 Å². The van der Waals surface area contributed by atoms with Crippen LogP contribution in [0.3, 0.4) is 0 Å². The van der Waals surface area contributed by atoms with E-state index < -0.39 is 0 Å². The summed E-state index contributed by atoms with van der Waals surface area (Å²) >= 11 is 0. The van der Waals surface area contributed by atoms with Crippen molar-refractivity contribution in [3.05, 3.63) is 0 Å². The van der Waals surface area contributed by atoms with Crippen LogP contribution < -0.4 is 5.32 Å². The average molecular weight is 220 g/mol. The Labute approximate surface area is 99.8 Å². The van der Waals surface area contributed by atoms with E-state index in [0.717, 1.165) is 18.6 Å². The highest BCUT2D eigenvalue weighted by atomic mass is 15.2. The molecular weight excluding hydrogens is 196 g/mol. The van der Waals surface area contributed by atoms with Gasteiger partial charge in [-0.1, -0.05) is 12.8 Å². The standard InChI is InChI=1S/C14H24N2/c1-4-8-16(11(3)5-2)14-9-12-6-7-13(10-14)15-12/h2,11-15H,4,6-10H2,1,3H3. The average Bonchev–Trinajstić information content (AvgIpc) is 2.64. The Hall–Kier alpha value is -0.520. The first-order chi connectivity index (χ1) is 7.74. The summed E-state index contributed by atoms with van der Waals surface area (Å²) in [7, 11) is 0. The van der Waals surface area contributed by atoms with Crippen molar-refractivity contribution in [3.8, 4) is 12.3 Å². The summed E-state index contributed by atoms with van der Waals surface area (Å²) < 4.78 is 0. The summed E-state index contributed by atoms with van der Waals surface area (Å²) in [5, 5.41) is 3.70. The van der Waals surface area contributed by atoms with Crippen LogP contribution in [0.1, 0.15) is 46.0 Å². The molecule has 3 unspecified atom stereocenters. The van der Waals surface area contributed by atoms with E-state index in [1.54, 1.807) is 0 Å². The lowest BCUT2D eigenvalue weighted by atomic mass is 9.96. The third-order valence-corrected chi connectivity index (χ3v) is 4.14. The molecule has 2 rings (SSSR count). The number of hydrogen-bond acceptors (Lipinski definition) is 2. The summed E-state index contributed by atoms with van der Waals surface area (Å²) in [4.78, 5) is 2.55. The molecule has 90 valence electrons. The minimum absolute atomic E-state index is 0.294. The van der Waals surface area contributed by atoms with Gasteiger partial charge >= 0.3 is 0 Å². The Bertz CT molecular complexity index is 256. The lowest BCUT2D eigenvalue weighted by Gasteiger charge is -2.39. The van der Waals surface area contributed by atoms with Gasteiger partial charge in [0.1, 0.15) is 0 Å². The maximum absolute atomic E-state index is 5.59. The number of piperidine rings is 1. The highest BCUT2D eigenvalue weighted by Crippen LogP contribution is 2.30. The van der Waals surface area contributed by atoms with Gasteiger partial charge in [0.05, 0.1) is 6.04 Å². The SMILES string of the molecule is C#CC(C)N(CCC)C1CC2CCC(C1)N2. The number of hydrogen-bond donors (Lipinski definition) is 1. The Morgan fingerprint density at radius 3 is 2.50 bits per heavy atom. The van der Waals surface area contributed by atoms with Crippen LogP contribution in [0.4, 0.5) is 0 Å². The fourth-order valence-corrected chi connectivity index (χ4v) is 3.34. The maximum atomic E-state index is 5.59. The van der Waals surface area contributed by atoms with Crippen molar-refractivity contribution in [3.63, 3.8) is 0 Å². The van der Waals surface area contributed by atoms with Gasteiger partial charge in [-0.25, -0.2) is 0 Å². The van der Waals surface area contributed by atoms with Crippen LogP contribution in [0.15, 0.2) is 0 Å². The van der Waals surface area contributed by atoms with Gasteiger partial charge in [-0.3, -0.25) is 4.90 Å². The zero-order valence-corrected chi connectivity index (χ0v) is 10.6. The molecule has 0 amide bonds. The van der Waals surface area contributed by atoms with Crippen LogP contribution in [0.2, 0.25) is 0 Å². The van der Waals surface area contributed by atoms with E-state index in [9.17, 15) is 0 Å². The number of fused-ring (bicyclic) bond motifs is 2. The normalized spacial score (nSPS) is 35.0. The molecule has 2 nitrogen and oxygen atoms in total. The second kappa shape index (κ2) is 5.21. The molecule has 2 aliphatic rings. The molecule has 2 fully saturated rings. The minimum Gasteiger partial charge on any atom is -0.311 e. The third-order valence-electron chi connectivity index (χ3n) is 4.14. The summed E-state index contributed by atoms with van der Waals surface area (Å²) in [6, 6.07) is 2.52. The molecule has 0 radical (unpaired) electrons. The fourth-order valence-electron chi connectivity index (χ4n) is 3.34. The second-order valence-corrected chi connectivity index (χ2v) is 5.34. The number of nitrogens with zero attached hydrogens (tertiary/aromatic N) is 1. The van der Waals surface area contributed by atoms with Gasteiger partial charge < -0.3 is 5.32 Å². The monoisotopic (exact) mass is 220 g/mol. The molecule has 0 aromatic carbocycles. The Kier molecular flexibility index (Phi) is 3.89. The van der Waals surface area contributed by atoms with E-state index in [-0.39, 0.29) is 0 Å². The Balaban J connectivity index is 2.00. The van der Waals surface area contributed by atoms with Crippen LogP contribution in [-0.2, 0) is 0 Å². The molecule has 0 aromatic heterocycles. The lowest BCUT2D eigenvalue weighted by molar-refractivity contribution is 0.124. The fraction of sp³-hybridized carbons (Fsp3) is 0.857. The van der Waals surface area contributed by atoms with Gasteiger partial charge in [0.2, 0.25) is 0 Å². The van der Waals surface area contributed by atoms with E-state index in [4.69, 9.17) is 6.42 Å². The summed E-state index contributed by atoms with van der Waals surface area (Å²) in [6.45, 7) is 5.56. The van der Waals surface area contributed by atoms with Gasteiger partial charge in [-0.2, -0.15) is 0 Å². The number of nitrogens with one attached hydrogen (secondary N) is 1. The quantitative estimate of drug-likeness (QED) is 0.729. The minimum atomic E-state index is 0.294. The topological polar surface area (TPSA) is 15.3 Å². The molecule has 16 heavy (non-hydrogen) atoms. The van der Waals surface area contributed by atoms with E-state index in [0.29, 0.717) is 12.1 Å². The molecule has 1 N–H and O–H groups in total. The molecular formula is C14H24N2. The smallest absolute Gasteiger partial charge is 0.0685 e. The molecule has 0 saturated carbocycles. The Morgan fingerprint density at radius 2 is 2.00 bits per heavy atom. The van der Waals surface area contributed by atoms with Crippen LogP contribution in [0.25, 0.3) is 0 Å². The van der Waals surface area contributed by atoms with Crippen LogP contribution in [-0.4, -0.2) is 35.6 Å². The first-order valence-corrected chi connectivity index (χ1v) is 6.72. The largest absolute Gasteiger partial charge is 0.311 e. The van der Waals surface area contributed by atoms with Crippen molar-refractivity contribution in [1.82, 2.24) is 10.2 Å². The first kappa shape index (κ1) is 12.0. The van der Waals surface area contributed by atoms with E-state index in [1.165, 1.54) is 32.1 Å². The van der Waals surface area contributed by atoms with Crippen molar-refractivity contribution < 1.29 is 0 Å². The first-order valence-electron chi connectivity index (χ1n) is 6.72. The number of terminal acetylenes is 1. The van der Waals surface area contributed by atoms with Crippen molar-refractivity contribution >= 4 is 0 Å². The van der Waals surface area contributed by atoms with Gasteiger partial charge in [-0.15, -0.1) is 6.42 Å². The van der Waals surface area contributed by atoms with Gasteiger partial charge in [-0.05, 0) is 45.6 Å². The zero-order chi connectivity index (χ0) is 11.5. The highest BCUT2D eigenvalue weighted by molar-refractivity contribution is 5.02. The maximum Gasteiger partial charge on any atom is 0.0685 e. The number of rotatable bonds is 4. The van der Waals surface area contributed by atoms with Crippen molar-refractivity contribution in [2.24, 2.45) is 0 Å². The molecule has 3 atom stereocenters. The zero-order valence-electron chi connectivity index (χ0n) is 10.6. The van der Waals surface area contributed by atoms with E-state index in [2.05, 4.69) is 30.0 Å². The summed E-state index contributed by atoms with van der Waals surface area (Å²) in [5.41, 5.74) is 0.